The van der Waals surface area contributed by atoms with Crippen LogP contribution in [0, 0.1) is 0 Å². The Bertz CT molecular complexity index is 488. The summed E-state index contributed by atoms with van der Waals surface area (Å²) in [6, 6.07) is 6.73. The monoisotopic (exact) mass is 233 g/mol. The topological polar surface area (TPSA) is 68.0 Å². The molecule has 0 amide bonds. The van der Waals surface area contributed by atoms with Crippen LogP contribution in [0.1, 0.15) is 32.2 Å². The summed E-state index contributed by atoms with van der Waals surface area (Å²) in [7, 11) is 0. The van der Waals surface area contributed by atoms with Crippen LogP contribution in [0.15, 0.2) is 24.3 Å². The van der Waals surface area contributed by atoms with Gasteiger partial charge >= 0.3 is 5.97 Å². The molecule has 1 heterocycles. The number of carbonyl (C=O) groups is 1. The van der Waals surface area contributed by atoms with Crippen LogP contribution in [0.5, 0.6) is 0 Å². The average molecular weight is 233 g/mol. The molecule has 90 valence electrons. The van der Waals surface area contributed by atoms with Crippen LogP contribution in [-0.4, -0.2) is 26.1 Å². The number of unbranched alkanes of at least 4 members (excludes halogenated alkanes) is 1. The van der Waals surface area contributed by atoms with Gasteiger partial charge in [0, 0.05) is 0 Å². The summed E-state index contributed by atoms with van der Waals surface area (Å²) in [5, 5.41) is 17.6. The summed E-state index contributed by atoms with van der Waals surface area (Å²) in [5.74, 6) is -0.876. The lowest BCUT2D eigenvalue weighted by Crippen LogP contribution is -2.21. The van der Waals surface area contributed by atoms with Crippen LogP contribution >= 0.6 is 0 Å². The molecule has 1 N–H and O–H groups in total. The van der Waals surface area contributed by atoms with E-state index in [1.807, 2.05) is 31.2 Å². The van der Waals surface area contributed by atoms with Crippen molar-refractivity contribution in [1.82, 2.24) is 15.0 Å². The second kappa shape index (κ2) is 4.95. The van der Waals surface area contributed by atoms with Gasteiger partial charge in [-0.15, -0.1) is 0 Å². The van der Waals surface area contributed by atoms with Crippen LogP contribution in [0.2, 0.25) is 0 Å². The van der Waals surface area contributed by atoms with E-state index in [1.54, 1.807) is 0 Å². The first-order valence-electron chi connectivity index (χ1n) is 5.76. The van der Waals surface area contributed by atoms with Gasteiger partial charge in [-0.2, -0.15) is 15.0 Å². The van der Waals surface area contributed by atoms with Gasteiger partial charge in [-0.3, -0.25) is 0 Å². The summed E-state index contributed by atoms with van der Waals surface area (Å²) >= 11 is 0. The number of fused-ring (bicyclic) bond motifs is 1. The number of rotatable bonds is 5. The van der Waals surface area contributed by atoms with E-state index in [1.165, 1.54) is 4.80 Å². The molecule has 5 nitrogen and oxygen atoms in total. The minimum absolute atomic E-state index is 0.562. The third kappa shape index (κ3) is 2.43. The fourth-order valence-corrected chi connectivity index (χ4v) is 1.75. The highest BCUT2D eigenvalue weighted by molar-refractivity contribution is 5.75. The van der Waals surface area contributed by atoms with Crippen LogP contribution in [0.4, 0.5) is 0 Å². The lowest BCUT2D eigenvalue weighted by molar-refractivity contribution is -0.141. The molecule has 1 aromatic heterocycles. The van der Waals surface area contributed by atoms with Crippen molar-refractivity contribution in [3.05, 3.63) is 24.3 Å². The van der Waals surface area contributed by atoms with Crippen molar-refractivity contribution in [1.29, 1.82) is 0 Å². The van der Waals surface area contributed by atoms with E-state index in [0.717, 1.165) is 23.9 Å². The average Bonchev–Trinajstić information content (AvgIpc) is 2.72. The lowest BCUT2D eigenvalue weighted by Gasteiger charge is -2.09. The minimum Gasteiger partial charge on any atom is -0.480 e. The van der Waals surface area contributed by atoms with E-state index < -0.39 is 12.0 Å². The number of carboxylic acids is 1. The molecule has 0 spiro atoms. The standard InChI is InChI=1S/C12H15N3O2/c1-2-3-8-11(12(16)17)15-13-9-6-4-5-7-10(9)14-15/h4-7,11H,2-3,8H2,1H3,(H,16,17). The van der Waals surface area contributed by atoms with Crippen molar-refractivity contribution in [2.45, 2.75) is 32.2 Å². The Hall–Kier alpha value is -1.91. The summed E-state index contributed by atoms with van der Waals surface area (Å²) in [6.07, 6.45) is 2.38. The van der Waals surface area contributed by atoms with E-state index in [0.29, 0.717) is 6.42 Å². The smallest absolute Gasteiger partial charge is 0.330 e. The maximum absolute atomic E-state index is 11.2. The number of nitrogens with zero attached hydrogens (tertiary/aromatic N) is 3. The maximum atomic E-state index is 11.2. The van der Waals surface area contributed by atoms with Gasteiger partial charge in [0.2, 0.25) is 0 Å². The molecular weight excluding hydrogens is 218 g/mol. The highest BCUT2D eigenvalue weighted by Crippen LogP contribution is 2.16. The number of hydrogen-bond acceptors (Lipinski definition) is 3. The SMILES string of the molecule is CCCCC(C(=O)O)n1nc2ccccc2n1. The molecule has 0 saturated heterocycles. The van der Waals surface area contributed by atoms with Crippen molar-refractivity contribution in [3.63, 3.8) is 0 Å². The van der Waals surface area contributed by atoms with E-state index in [9.17, 15) is 9.90 Å². The third-order valence-electron chi connectivity index (χ3n) is 2.70. The number of benzene rings is 1. The predicted molar refractivity (Wildman–Crippen MR) is 63.7 cm³/mol. The van der Waals surface area contributed by atoms with Gasteiger partial charge in [-0.1, -0.05) is 31.9 Å². The van der Waals surface area contributed by atoms with Gasteiger partial charge in [0.25, 0.3) is 0 Å². The van der Waals surface area contributed by atoms with Crippen molar-refractivity contribution >= 4 is 17.0 Å². The first kappa shape index (κ1) is 11.6. The third-order valence-corrected chi connectivity index (χ3v) is 2.70. The molecule has 1 atom stereocenters. The van der Waals surface area contributed by atoms with E-state index in [4.69, 9.17) is 0 Å². The maximum Gasteiger partial charge on any atom is 0.330 e. The zero-order valence-corrected chi connectivity index (χ0v) is 9.71. The van der Waals surface area contributed by atoms with E-state index >= 15 is 0 Å². The first-order valence-corrected chi connectivity index (χ1v) is 5.76. The van der Waals surface area contributed by atoms with Gasteiger partial charge in [0.15, 0.2) is 6.04 Å². The van der Waals surface area contributed by atoms with Gasteiger partial charge in [-0.25, -0.2) is 4.79 Å². The van der Waals surface area contributed by atoms with Gasteiger partial charge in [0.1, 0.15) is 11.0 Å². The van der Waals surface area contributed by atoms with Crippen LogP contribution in [0.25, 0.3) is 11.0 Å². The van der Waals surface area contributed by atoms with E-state index in [2.05, 4.69) is 10.2 Å². The molecule has 17 heavy (non-hydrogen) atoms. The molecule has 2 rings (SSSR count). The Balaban J connectivity index is 2.31. The Morgan fingerprint density at radius 3 is 2.41 bits per heavy atom. The second-order valence-corrected chi connectivity index (χ2v) is 4.01. The molecule has 2 aromatic rings. The number of aromatic nitrogens is 3. The van der Waals surface area contributed by atoms with Crippen molar-refractivity contribution in [3.8, 4) is 0 Å². The molecule has 0 aliphatic heterocycles. The first-order chi connectivity index (χ1) is 8.22. The molecule has 1 unspecified atom stereocenters. The van der Waals surface area contributed by atoms with Gasteiger partial charge in [0.05, 0.1) is 0 Å². The fourth-order valence-electron chi connectivity index (χ4n) is 1.75. The number of hydrogen-bond donors (Lipinski definition) is 1. The summed E-state index contributed by atoms with van der Waals surface area (Å²) in [5.41, 5.74) is 1.46. The van der Waals surface area contributed by atoms with Gasteiger partial charge < -0.3 is 5.11 Å². The highest BCUT2D eigenvalue weighted by Gasteiger charge is 2.21. The highest BCUT2D eigenvalue weighted by atomic mass is 16.4. The molecular formula is C12H15N3O2. The fraction of sp³-hybridized carbons (Fsp3) is 0.417. The zero-order chi connectivity index (χ0) is 12.3. The Labute approximate surface area is 99.1 Å². The summed E-state index contributed by atoms with van der Waals surface area (Å²) in [6.45, 7) is 2.03. The number of carboxylic acid groups (broad SMARTS) is 1. The Morgan fingerprint density at radius 2 is 1.94 bits per heavy atom. The van der Waals surface area contributed by atoms with Crippen molar-refractivity contribution in [2.24, 2.45) is 0 Å². The van der Waals surface area contributed by atoms with Crippen LogP contribution in [0.3, 0.4) is 0 Å². The molecule has 0 radical (unpaired) electrons. The Morgan fingerprint density at radius 1 is 1.35 bits per heavy atom. The molecule has 0 bridgehead atoms. The summed E-state index contributed by atoms with van der Waals surface area (Å²) < 4.78 is 0. The van der Waals surface area contributed by atoms with Crippen LogP contribution < -0.4 is 0 Å². The quantitative estimate of drug-likeness (QED) is 0.860. The minimum atomic E-state index is -0.876. The molecule has 0 fully saturated rings. The largest absolute Gasteiger partial charge is 0.480 e. The molecule has 0 aliphatic rings. The van der Waals surface area contributed by atoms with Gasteiger partial charge in [-0.05, 0) is 18.6 Å². The van der Waals surface area contributed by atoms with Crippen molar-refractivity contribution in [2.75, 3.05) is 0 Å². The lowest BCUT2D eigenvalue weighted by atomic mass is 10.1. The number of aliphatic carboxylic acids is 1. The van der Waals surface area contributed by atoms with Crippen LogP contribution in [-0.2, 0) is 4.79 Å². The van der Waals surface area contributed by atoms with E-state index in [-0.39, 0.29) is 0 Å². The zero-order valence-electron chi connectivity index (χ0n) is 9.71. The normalized spacial score (nSPS) is 12.8. The molecule has 0 saturated carbocycles. The molecule has 5 heteroatoms. The molecule has 1 aromatic carbocycles. The second-order valence-electron chi connectivity index (χ2n) is 4.01. The molecule has 0 aliphatic carbocycles. The predicted octanol–water partition coefficient (Wildman–Crippen LogP) is 2.25. The summed E-state index contributed by atoms with van der Waals surface area (Å²) in [4.78, 5) is 12.5. The van der Waals surface area contributed by atoms with Crippen molar-refractivity contribution < 1.29 is 9.90 Å². The Kier molecular flexibility index (Phi) is 3.37.